The summed E-state index contributed by atoms with van der Waals surface area (Å²) in [6, 6.07) is 10.1. The zero-order valence-electron chi connectivity index (χ0n) is 11.0. The highest BCUT2D eigenvalue weighted by Gasteiger charge is 2.25. The summed E-state index contributed by atoms with van der Waals surface area (Å²) in [5.41, 5.74) is 1.17. The topological polar surface area (TPSA) is 46.5 Å². The van der Waals surface area contributed by atoms with Gasteiger partial charge in [-0.3, -0.25) is 4.79 Å². The fourth-order valence-corrected chi connectivity index (χ4v) is 2.42. The van der Waals surface area contributed by atoms with Crippen LogP contribution in [-0.4, -0.2) is 23.8 Å². The minimum Gasteiger partial charge on any atom is -0.481 e. The molecule has 3 heteroatoms. The number of hydrogen-bond acceptors (Lipinski definition) is 2. The van der Waals surface area contributed by atoms with Gasteiger partial charge >= 0.3 is 5.97 Å². The molecule has 0 heterocycles. The lowest BCUT2D eigenvalue weighted by Gasteiger charge is -2.25. The van der Waals surface area contributed by atoms with Gasteiger partial charge in [-0.05, 0) is 31.2 Å². The Labute approximate surface area is 113 Å². The molecule has 0 atom stereocenters. The summed E-state index contributed by atoms with van der Waals surface area (Å²) >= 11 is 0. The van der Waals surface area contributed by atoms with Gasteiger partial charge in [0.05, 0.1) is 18.6 Å². The van der Waals surface area contributed by atoms with Crippen LogP contribution in [-0.2, 0) is 9.53 Å². The van der Waals surface area contributed by atoms with Crippen LogP contribution in [0.2, 0.25) is 0 Å². The number of ether oxygens (including phenoxy) is 1. The highest BCUT2D eigenvalue weighted by molar-refractivity contribution is 5.70. The van der Waals surface area contributed by atoms with Crippen LogP contribution in [0.4, 0.5) is 0 Å². The van der Waals surface area contributed by atoms with E-state index in [1.54, 1.807) is 0 Å². The van der Waals surface area contributed by atoms with Gasteiger partial charge in [0.25, 0.3) is 0 Å². The van der Waals surface area contributed by atoms with Crippen molar-refractivity contribution in [1.82, 2.24) is 0 Å². The summed E-state index contributed by atoms with van der Waals surface area (Å²) in [5, 5.41) is 8.91. The molecular formula is C16H20O3. The van der Waals surface area contributed by atoms with Crippen LogP contribution in [0.3, 0.4) is 0 Å². The molecule has 1 aromatic carbocycles. The maximum atomic E-state index is 10.8. The summed E-state index contributed by atoms with van der Waals surface area (Å²) in [7, 11) is 0. The van der Waals surface area contributed by atoms with E-state index < -0.39 is 5.97 Å². The van der Waals surface area contributed by atoms with Gasteiger partial charge < -0.3 is 9.84 Å². The summed E-state index contributed by atoms with van der Waals surface area (Å²) in [5.74, 6) is -0.831. The first-order chi connectivity index (χ1) is 9.25. The fourth-order valence-electron chi connectivity index (χ4n) is 2.42. The van der Waals surface area contributed by atoms with Crippen molar-refractivity contribution in [3.05, 3.63) is 42.0 Å². The Morgan fingerprint density at radius 2 is 1.89 bits per heavy atom. The number of rotatable bonds is 5. The summed E-state index contributed by atoms with van der Waals surface area (Å²) in [6.07, 6.45) is 7.47. The lowest BCUT2D eigenvalue weighted by atomic mass is 9.87. The molecule has 0 amide bonds. The lowest BCUT2D eigenvalue weighted by molar-refractivity contribution is -0.143. The van der Waals surface area contributed by atoms with Gasteiger partial charge in [0.2, 0.25) is 0 Å². The van der Waals surface area contributed by atoms with E-state index in [-0.39, 0.29) is 12.0 Å². The monoisotopic (exact) mass is 260 g/mol. The minimum atomic E-state index is -0.664. The van der Waals surface area contributed by atoms with Crippen molar-refractivity contribution in [3.63, 3.8) is 0 Å². The second-order valence-electron chi connectivity index (χ2n) is 4.96. The molecule has 1 N–H and O–H groups in total. The summed E-state index contributed by atoms with van der Waals surface area (Å²) in [6.45, 7) is 0.595. The van der Waals surface area contributed by atoms with Crippen LogP contribution >= 0.6 is 0 Å². The SMILES string of the molecule is O=C(O)C1CCC(OC/C=C/c2ccccc2)CC1. The average molecular weight is 260 g/mol. The van der Waals surface area contributed by atoms with Crippen LogP contribution in [0.5, 0.6) is 0 Å². The van der Waals surface area contributed by atoms with Gasteiger partial charge in [-0.15, -0.1) is 0 Å². The molecule has 3 nitrogen and oxygen atoms in total. The third kappa shape index (κ3) is 4.52. The third-order valence-electron chi connectivity index (χ3n) is 3.56. The first-order valence-corrected chi connectivity index (χ1v) is 6.81. The summed E-state index contributed by atoms with van der Waals surface area (Å²) < 4.78 is 5.75. The minimum absolute atomic E-state index is 0.167. The molecule has 1 saturated carbocycles. The molecular weight excluding hydrogens is 240 g/mol. The molecule has 0 bridgehead atoms. The van der Waals surface area contributed by atoms with Gasteiger partial charge in [-0.25, -0.2) is 0 Å². The van der Waals surface area contributed by atoms with Crippen molar-refractivity contribution in [1.29, 1.82) is 0 Å². The Morgan fingerprint density at radius 1 is 1.21 bits per heavy atom. The number of benzene rings is 1. The first-order valence-electron chi connectivity index (χ1n) is 6.81. The Balaban J connectivity index is 1.67. The van der Waals surface area contributed by atoms with E-state index in [0.29, 0.717) is 6.61 Å². The van der Waals surface area contributed by atoms with Gasteiger partial charge in [-0.2, -0.15) is 0 Å². The van der Waals surface area contributed by atoms with Crippen molar-refractivity contribution < 1.29 is 14.6 Å². The van der Waals surface area contributed by atoms with Crippen LogP contribution in [0.15, 0.2) is 36.4 Å². The maximum Gasteiger partial charge on any atom is 0.306 e. The van der Waals surface area contributed by atoms with E-state index in [2.05, 4.69) is 12.1 Å². The Hall–Kier alpha value is -1.61. The van der Waals surface area contributed by atoms with Gasteiger partial charge in [0.1, 0.15) is 0 Å². The first kappa shape index (κ1) is 13.8. The molecule has 102 valence electrons. The molecule has 0 unspecified atom stereocenters. The maximum absolute atomic E-state index is 10.8. The molecule has 19 heavy (non-hydrogen) atoms. The molecule has 0 aromatic heterocycles. The molecule has 0 aliphatic heterocycles. The molecule has 1 fully saturated rings. The van der Waals surface area contributed by atoms with Crippen LogP contribution in [0.1, 0.15) is 31.2 Å². The number of carboxylic acid groups (broad SMARTS) is 1. The molecule has 0 radical (unpaired) electrons. The predicted octanol–water partition coefficient (Wildman–Crippen LogP) is 3.36. The molecule has 0 saturated heterocycles. The number of hydrogen-bond donors (Lipinski definition) is 1. The normalized spacial score (nSPS) is 23.6. The standard InChI is InChI=1S/C16H20O3/c17-16(18)14-8-10-15(11-9-14)19-12-4-7-13-5-2-1-3-6-13/h1-7,14-15H,8-12H2,(H,17,18)/b7-4+. The van der Waals surface area contributed by atoms with Gasteiger partial charge in [0, 0.05) is 0 Å². The average Bonchev–Trinajstić information content (AvgIpc) is 2.45. The van der Waals surface area contributed by atoms with Gasteiger partial charge in [0.15, 0.2) is 0 Å². The van der Waals surface area contributed by atoms with E-state index in [1.165, 1.54) is 5.56 Å². The van der Waals surface area contributed by atoms with Crippen molar-refractivity contribution in [3.8, 4) is 0 Å². The predicted molar refractivity (Wildman–Crippen MR) is 74.8 cm³/mol. The zero-order chi connectivity index (χ0) is 13.5. The Kier molecular flexibility index (Phi) is 5.16. The smallest absolute Gasteiger partial charge is 0.306 e. The lowest BCUT2D eigenvalue weighted by Crippen LogP contribution is -2.26. The van der Waals surface area contributed by atoms with E-state index in [9.17, 15) is 4.79 Å². The van der Waals surface area contributed by atoms with E-state index in [1.807, 2.05) is 30.4 Å². The third-order valence-corrected chi connectivity index (χ3v) is 3.56. The van der Waals surface area contributed by atoms with E-state index >= 15 is 0 Å². The molecule has 2 rings (SSSR count). The number of carboxylic acids is 1. The number of carbonyl (C=O) groups is 1. The van der Waals surface area contributed by atoms with Crippen molar-refractivity contribution in [2.24, 2.45) is 5.92 Å². The molecule has 1 aliphatic rings. The van der Waals surface area contributed by atoms with Crippen LogP contribution in [0.25, 0.3) is 6.08 Å². The molecule has 1 aromatic rings. The molecule has 1 aliphatic carbocycles. The van der Waals surface area contributed by atoms with Gasteiger partial charge in [-0.1, -0.05) is 42.5 Å². The largest absolute Gasteiger partial charge is 0.481 e. The van der Waals surface area contributed by atoms with Crippen molar-refractivity contribution >= 4 is 12.0 Å². The Bertz CT molecular complexity index is 417. The highest BCUT2D eigenvalue weighted by atomic mass is 16.5. The second kappa shape index (κ2) is 7.10. The van der Waals surface area contributed by atoms with E-state index in [4.69, 9.17) is 9.84 Å². The highest BCUT2D eigenvalue weighted by Crippen LogP contribution is 2.26. The van der Waals surface area contributed by atoms with Crippen LogP contribution in [0, 0.1) is 5.92 Å². The zero-order valence-corrected chi connectivity index (χ0v) is 11.0. The number of aliphatic carboxylic acids is 1. The fraction of sp³-hybridized carbons (Fsp3) is 0.438. The van der Waals surface area contributed by atoms with Crippen LogP contribution < -0.4 is 0 Å². The quantitative estimate of drug-likeness (QED) is 0.883. The van der Waals surface area contributed by atoms with E-state index in [0.717, 1.165) is 25.7 Å². The van der Waals surface area contributed by atoms with Crippen molar-refractivity contribution in [2.45, 2.75) is 31.8 Å². The second-order valence-corrected chi connectivity index (χ2v) is 4.96. The Morgan fingerprint density at radius 3 is 2.53 bits per heavy atom. The van der Waals surface area contributed by atoms with Crippen molar-refractivity contribution in [2.75, 3.05) is 6.61 Å². The summed E-state index contributed by atoms with van der Waals surface area (Å²) in [4.78, 5) is 10.8. The molecule has 0 spiro atoms.